The van der Waals surface area contributed by atoms with Gasteiger partial charge in [-0.3, -0.25) is 0 Å². The second kappa shape index (κ2) is 38.1. The van der Waals surface area contributed by atoms with E-state index in [1.807, 2.05) is 172 Å². The fourth-order valence-corrected chi connectivity index (χ4v) is 12.3. The Morgan fingerprint density at radius 1 is 0.344 bits per heavy atom. The molecule has 6 rings (SSSR count). The van der Waals surface area contributed by atoms with Gasteiger partial charge in [0.25, 0.3) is 0 Å². The molecule has 0 bridgehead atoms. The number of hydrogen-bond donors (Lipinski definition) is 3. The van der Waals surface area contributed by atoms with Crippen LogP contribution in [-0.2, 0) is 49.1 Å². The standard InChI is InChI=1S/C73H97N3O11S3/c1-69(2,3)85-66(77)74-43-52-88-49-28-46-80-63(55-83-72(57-31-16-10-17-32-57,58-33-18-11-19-34-58)59-35-20-12-21-36-59)65(82-48-30-51-90-54-45-76-68(79)87-71(7,8)9)64(81-47-29-50-89-53-44-75-67(78)86-70(4,5)6)56-84-73(60-37-22-13-23-38-60,61-39-24-14-25-40-61)62-41-26-15-27-42-62/h10-27,31-42,63-65H,28-30,43-56H2,1-9H3,(H,74,77)(H,75,78)(H,76,79)/t63-,64-/m0/s1. The molecule has 2 atom stereocenters. The maximum Gasteiger partial charge on any atom is 0.407 e. The highest BCUT2D eigenvalue weighted by Crippen LogP contribution is 2.43. The summed E-state index contributed by atoms with van der Waals surface area (Å²) in [5, 5.41) is 8.64. The van der Waals surface area contributed by atoms with Crippen molar-refractivity contribution in [3.8, 4) is 0 Å². The Labute approximate surface area is 549 Å². The summed E-state index contributed by atoms with van der Waals surface area (Å²) in [4.78, 5) is 37.4. The number of carbonyl (C=O) groups is 3. The van der Waals surface area contributed by atoms with Crippen LogP contribution in [0.25, 0.3) is 0 Å². The highest BCUT2D eigenvalue weighted by atomic mass is 32.2. The fourth-order valence-electron chi connectivity index (χ4n) is 9.98. The molecule has 0 aliphatic rings. The van der Waals surface area contributed by atoms with Crippen LogP contribution in [0, 0.1) is 0 Å². The van der Waals surface area contributed by atoms with Crippen LogP contribution < -0.4 is 16.0 Å². The van der Waals surface area contributed by atoms with Crippen LogP contribution in [0.4, 0.5) is 14.4 Å². The summed E-state index contributed by atoms with van der Waals surface area (Å²) in [6, 6.07) is 62.0. The highest BCUT2D eigenvalue weighted by molar-refractivity contribution is 7.99. The van der Waals surface area contributed by atoms with E-state index in [1.54, 1.807) is 35.3 Å². The first-order valence-electron chi connectivity index (χ1n) is 31.4. The van der Waals surface area contributed by atoms with Gasteiger partial charge in [0.15, 0.2) is 0 Å². The largest absolute Gasteiger partial charge is 0.444 e. The van der Waals surface area contributed by atoms with E-state index in [0.717, 1.165) is 50.6 Å². The second-order valence-electron chi connectivity index (χ2n) is 24.5. The molecule has 6 aromatic carbocycles. The summed E-state index contributed by atoms with van der Waals surface area (Å²) in [6.45, 7) is 19.2. The zero-order chi connectivity index (χ0) is 64.6. The summed E-state index contributed by atoms with van der Waals surface area (Å²) >= 11 is 5.18. The van der Waals surface area contributed by atoms with Crippen LogP contribution in [0.3, 0.4) is 0 Å². The summed E-state index contributed by atoms with van der Waals surface area (Å²) in [7, 11) is 0. The average Bonchev–Trinajstić information content (AvgIpc) is 0.784. The maximum absolute atomic E-state index is 12.5. The lowest BCUT2D eigenvalue weighted by Gasteiger charge is -2.41. The van der Waals surface area contributed by atoms with E-state index in [9.17, 15) is 14.4 Å². The van der Waals surface area contributed by atoms with Crippen molar-refractivity contribution in [2.24, 2.45) is 0 Å². The van der Waals surface area contributed by atoms with Gasteiger partial charge in [-0.25, -0.2) is 14.4 Å². The lowest BCUT2D eigenvalue weighted by Crippen LogP contribution is -2.50. The molecule has 17 heteroatoms. The number of carbonyl (C=O) groups excluding carboxylic acids is 3. The fraction of sp³-hybridized carbons (Fsp3) is 0.466. The molecule has 0 unspecified atom stereocenters. The predicted molar refractivity (Wildman–Crippen MR) is 368 cm³/mol. The number of ether oxygens (including phenoxy) is 8. The second-order valence-corrected chi connectivity index (χ2v) is 28.2. The van der Waals surface area contributed by atoms with Crippen LogP contribution in [0.15, 0.2) is 182 Å². The third-order valence-electron chi connectivity index (χ3n) is 13.8. The first-order chi connectivity index (χ1) is 43.3. The van der Waals surface area contributed by atoms with Gasteiger partial charge in [-0.2, -0.15) is 35.3 Å². The molecule has 14 nitrogen and oxygen atoms in total. The Bertz CT molecular complexity index is 2560. The molecule has 6 aromatic rings. The van der Waals surface area contributed by atoms with E-state index in [-0.39, 0.29) is 13.2 Å². The van der Waals surface area contributed by atoms with Gasteiger partial charge < -0.3 is 53.8 Å². The minimum absolute atomic E-state index is 0.0724. The molecule has 488 valence electrons. The lowest BCUT2D eigenvalue weighted by molar-refractivity contribution is -0.184. The monoisotopic (exact) mass is 1290 g/mol. The van der Waals surface area contributed by atoms with Crippen molar-refractivity contribution in [2.75, 3.05) is 87.2 Å². The minimum atomic E-state index is -1.09. The molecule has 0 aliphatic heterocycles. The van der Waals surface area contributed by atoms with Crippen LogP contribution >= 0.6 is 35.3 Å². The third kappa shape index (κ3) is 25.2. The Morgan fingerprint density at radius 2 is 0.578 bits per heavy atom. The van der Waals surface area contributed by atoms with E-state index in [0.29, 0.717) is 76.0 Å². The van der Waals surface area contributed by atoms with Gasteiger partial charge in [-0.05, 0) is 132 Å². The van der Waals surface area contributed by atoms with Crippen molar-refractivity contribution in [1.82, 2.24) is 16.0 Å². The quantitative estimate of drug-likeness (QED) is 0.0191. The molecule has 0 aliphatic carbocycles. The number of nitrogens with one attached hydrogen (secondary N) is 3. The third-order valence-corrected chi connectivity index (χ3v) is 17.0. The highest BCUT2D eigenvalue weighted by Gasteiger charge is 2.43. The molecule has 0 spiro atoms. The van der Waals surface area contributed by atoms with Gasteiger partial charge in [0, 0.05) is 56.7 Å². The molecule has 0 saturated heterocycles. The lowest BCUT2D eigenvalue weighted by atomic mass is 9.80. The SMILES string of the molecule is CC(C)(C)OC(=O)NCCSCCCOC([C@H](COC(c1ccccc1)(c1ccccc1)c1ccccc1)OCCCSCCNC(=O)OC(C)(C)C)[C@H](COC(c1ccccc1)(c1ccccc1)c1ccccc1)OCCCSCCNC(=O)OC(C)(C)C. The first-order valence-corrected chi connectivity index (χ1v) is 34.8. The Balaban J connectivity index is 1.39. The van der Waals surface area contributed by atoms with Crippen molar-refractivity contribution in [3.05, 3.63) is 215 Å². The van der Waals surface area contributed by atoms with E-state index < -0.39 is 64.6 Å². The first kappa shape index (κ1) is 73.0. The Morgan fingerprint density at radius 3 is 0.811 bits per heavy atom. The minimum Gasteiger partial charge on any atom is -0.444 e. The van der Waals surface area contributed by atoms with Gasteiger partial charge in [-0.15, -0.1) is 0 Å². The molecular formula is C73H97N3O11S3. The summed E-state index contributed by atoms with van der Waals surface area (Å²) in [5.74, 6) is 4.35. The molecule has 0 aromatic heterocycles. The van der Waals surface area contributed by atoms with E-state index in [2.05, 4.69) is 88.7 Å². The molecule has 3 amide bonds. The topological polar surface area (TPSA) is 161 Å². The zero-order valence-corrected chi connectivity index (χ0v) is 56.7. The van der Waals surface area contributed by atoms with Gasteiger partial charge in [-0.1, -0.05) is 182 Å². The summed E-state index contributed by atoms with van der Waals surface area (Å²) in [6.07, 6.45) is -1.48. The summed E-state index contributed by atoms with van der Waals surface area (Å²) in [5.41, 5.74) is 1.71. The molecule has 0 saturated carbocycles. The number of alkyl carbamates (subject to hydrolysis) is 3. The number of thioether (sulfide) groups is 3. The van der Waals surface area contributed by atoms with E-state index >= 15 is 0 Å². The Kier molecular flexibility index (Phi) is 30.9. The van der Waals surface area contributed by atoms with Crippen molar-refractivity contribution in [1.29, 1.82) is 0 Å². The van der Waals surface area contributed by atoms with Gasteiger partial charge in [0.2, 0.25) is 0 Å². The van der Waals surface area contributed by atoms with Gasteiger partial charge in [0.1, 0.15) is 46.3 Å². The zero-order valence-electron chi connectivity index (χ0n) is 54.3. The molecule has 3 N–H and O–H groups in total. The summed E-state index contributed by atoms with van der Waals surface area (Å²) < 4.78 is 53.7. The average molecular weight is 1290 g/mol. The molecular weight excluding hydrogens is 1190 g/mol. The van der Waals surface area contributed by atoms with E-state index in [4.69, 9.17) is 37.9 Å². The van der Waals surface area contributed by atoms with Crippen molar-refractivity contribution in [3.63, 3.8) is 0 Å². The van der Waals surface area contributed by atoms with Crippen LogP contribution in [0.1, 0.15) is 115 Å². The number of benzene rings is 6. The van der Waals surface area contributed by atoms with Crippen LogP contribution in [0.2, 0.25) is 0 Å². The predicted octanol–water partition coefficient (Wildman–Crippen LogP) is 15.1. The molecule has 90 heavy (non-hydrogen) atoms. The van der Waals surface area contributed by atoms with Crippen LogP contribution in [0.5, 0.6) is 0 Å². The van der Waals surface area contributed by atoms with Crippen molar-refractivity contribution >= 4 is 53.6 Å². The van der Waals surface area contributed by atoms with Crippen molar-refractivity contribution in [2.45, 2.75) is 128 Å². The van der Waals surface area contributed by atoms with Crippen molar-refractivity contribution < 1.29 is 52.3 Å². The Hall–Kier alpha value is -6.02. The number of hydrogen-bond acceptors (Lipinski definition) is 14. The number of amides is 3. The van der Waals surface area contributed by atoms with Crippen LogP contribution in [-0.4, -0.2) is 141 Å². The smallest absolute Gasteiger partial charge is 0.407 e. The molecule has 0 heterocycles. The number of rotatable bonds is 38. The molecule has 0 fully saturated rings. The maximum atomic E-state index is 12.5. The van der Waals surface area contributed by atoms with Gasteiger partial charge in [0.05, 0.1) is 13.2 Å². The van der Waals surface area contributed by atoms with Gasteiger partial charge >= 0.3 is 18.3 Å². The normalized spacial score (nSPS) is 12.9. The molecule has 0 radical (unpaired) electrons. The van der Waals surface area contributed by atoms with E-state index in [1.165, 1.54) is 0 Å².